The molecule has 0 aromatic heterocycles. The Morgan fingerprint density at radius 1 is 1.47 bits per heavy atom. The molecule has 1 aromatic rings. The lowest BCUT2D eigenvalue weighted by Gasteiger charge is -2.40. The quantitative estimate of drug-likeness (QED) is 0.800. The number of ether oxygens (including phenoxy) is 2. The van der Waals surface area contributed by atoms with Crippen LogP contribution in [0.4, 0.5) is 0 Å². The lowest BCUT2D eigenvalue weighted by molar-refractivity contribution is -0.0565. The molecule has 2 heterocycles. The molecule has 17 heavy (non-hydrogen) atoms. The lowest BCUT2D eigenvalue weighted by atomic mass is 9.84. The summed E-state index contributed by atoms with van der Waals surface area (Å²) in [6.45, 7) is 2.73. The number of rotatable bonds is 0. The maximum Gasteiger partial charge on any atom is 0.140 e. The summed E-state index contributed by atoms with van der Waals surface area (Å²) in [5, 5.41) is 10.3. The molecule has 2 aliphatic heterocycles. The van der Waals surface area contributed by atoms with Gasteiger partial charge < -0.3 is 14.6 Å². The minimum Gasteiger partial charge on any atom is -0.484 e. The summed E-state index contributed by atoms with van der Waals surface area (Å²) in [5.41, 5.74) is 0.518. The van der Waals surface area contributed by atoms with E-state index in [0.29, 0.717) is 13.0 Å². The summed E-state index contributed by atoms with van der Waals surface area (Å²) >= 11 is 3.41. The average molecular weight is 299 g/mol. The van der Waals surface area contributed by atoms with Gasteiger partial charge >= 0.3 is 0 Å². The topological polar surface area (TPSA) is 38.7 Å². The molecule has 1 N–H and O–H groups in total. The molecule has 4 heteroatoms. The van der Waals surface area contributed by atoms with Crippen LogP contribution in [-0.2, 0) is 4.74 Å². The zero-order valence-electron chi connectivity index (χ0n) is 9.65. The van der Waals surface area contributed by atoms with E-state index in [1.54, 1.807) is 0 Å². The van der Waals surface area contributed by atoms with Gasteiger partial charge in [-0.25, -0.2) is 0 Å². The fraction of sp³-hybridized carbons (Fsp3) is 0.538. The lowest BCUT2D eigenvalue weighted by Crippen LogP contribution is -2.46. The fourth-order valence-corrected chi connectivity index (χ4v) is 3.11. The van der Waals surface area contributed by atoms with Gasteiger partial charge in [0.05, 0.1) is 18.8 Å². The molecular formula is C13H15BrO3. The summed E-state index contributed by atoms with van der Waals surface area (Å²) in [7, 11) is 0. The van der Waals surface area contributed by atoms with Crippen molar-refractivity contribution in [1.82, 2.24) is 0 Å². The monoisotopic (exact) mass is 298 g/mol. The minimum atomic E-state index is -0.472. The zero-order chi connectivity index (χ0) is 12.0. The van der Waals surface area contributed by atoms with Gasteiger partial charge in [0.25, 0.3) is 0 Å². The van der Waals surface area contributed by atoms with Crippen molar-refractivity contribution in [1.29, 1.82) is 0 Å². The van der Waals surface area contributed by atoms with Crippen LogP contribution in [0.3, 0.4) is 0 Å². The van der Waals surface area contributed by atoms with Crippen molar-refractivity contribution in [2.24, 2.45) is 0 Å². The van der Waals surface area contributed by atoms with Crippen molar-refractivity contribution < 1.29 is 14.6 Å². The van der Waals surface area contributed by atoms with E-state index < -0.39 is 6.10 Å². The van der Waals surface area contributed by atoms with E-state index in [9.17, 15) is 5.11 Å². The van der Waals surface area contributed by atoms with Crippen LogP contribution in [0.15, 0.2) is 22.7 Å². The van der Waals surface area contributed by atoms with Gasteiger partial charge in [-0.3, -0.25) is 0 Å². The predicted molar refractivity (Wildman–Crippen MR) is 67.1 cm³/mol. The van der Waals surface area contributed by atoms with Gasteiger partial charge in [0.15, 0.2) is 0 Å². The van der Waals surface area contributed by atoms with E-state index >= 15 is 0 Å². The van der Waals surface area contributed by atoms with Gasteiger partial charge in [0.2, 0.25) is 0 Å². The van der Waals surface area contributed by atoms with Crippen molar-refractivity contribution in [2.45, 2.75) is 37.6 Å². The molecule has 1 spiro atoms. The van der Waals surface area contributed by atoms with Crippen molar-refractivity contribution in [3.05, 3.63) is 28.2 Å². The molecule has 2 aliphatic rings. The molecule has 92 valence electrons. The third kappa shape index (κ3) is 1.79. The molecule has 2 unspecified atom stereocenters. The normalized spacial score (nSPS) is 35.7. The van der Waals surface area contributed by atoms with Crippen LogP contribution in [0.2, 0.25) is 0 Å². The number of benzene rings is 1. The van der Waals surface area contributed by atoms with Crippen LogP contribution >= 0.6 is 15.9 Å². The first-order valence-corrected chi connectivity index (χ1v) is 6.68. The molecule has 1 aromatic carbocycles. The number of aliphatic hydroxyl groups excluding tert-OH is 1. The zero-order valence-corrected chi connectivity index (χ0v) is 11.2. The molecule has 0 aliphatic carbocycles. The number of fused-ring (bicyclic) bond motifs is 1. The molecule has 0 amide bonds. The second-order valence-electron chi connectivity index (χ2n) is 4.83. The van der Waals surface area contributed by atoms with Gasteiger partial charge in [0.1, 0.15) is 11.4 Å². The van der Waals surface area contributed by atoms with Crippen LogP contribution < -0.4 is 4.74 Å². The van der Waals surface area contributed by atoms with Crippen molar-refractivity contribution in [3.8, 4) is 5.75 Å². The Bertz CT molecular complexity index is 448. The fourth-order valence-electron chi connectivity index (χ4n) is 2.74. The van der Waals surface area contributed by atoms with Crippen LogP contribution in [0.5, 0.6) is 5.75 Å². The molecule has 3 atom stereocenters. The van der Waals surface area contributed by atoms with Crippen molar-refractivity contribution >= 4 is 15.9 Å². The van der Waals surface area contributed by atoms with Gasteiger partial charge in [-0.1, -0.05) is 15.9 Å². The predicted octanol–water partition coefficient (Wildman–Crippen LogP) is 2.81. The first kappa shape index (κ1) is 11.5. The summed E-state index contributed by atoms with van der Waals surface area (Å²) in [5.74, 6) is 0.782. The van der Waals surface area contributed by atoms with Crippen molar-refractivity contribution in [2.75, 3.05) is 6.61 Å². The SMILES string of the molecule is CC1OCCC12C[C@H](O)c1cc(Br)ccc1O2. The summed E-state index contributed by atoms with van der Waals surface area (Å²) in [4.78, 5) is 0. The smallest absolute Gasteiger partial charge is 0.140 e. The van der Waals surface area contributed by atoms with E-state index in [1.165, 1.54) is 0 Å². The van der Waals surface area contributed by atoms with Crippen LogP contribution in [0.25, 0.3) is 0 Å². The number of halogens is 1. The molecule has 1 fully saturated rings. The highest BCUT2D eigenvalue weighted by Crippen LogP contribution is 2.46. The average Bonchev–Trinajstić information content (AvgIpc) is 2.62. The Hall–Kier alpha value is -0.580. The van der Waals surface area contributed by atoms with E-state index in [-0.39, 0.29) is 11.7 Å². The molecule has 1 saturated heterocycles. The van der Waals surface area contributed by atoms with Gasteiger partial charge in [0, 0.05) is 22.9 Å². The summed E-state index contributed by atoms with van der Waals surface area (Å²) < 4.78 is 12.7. The van der Waals surface area contributed by atoms with E-state index in [0.717, 1.165) is 22.2 Å². The van der Waals surface area contributed by atoms with E-state index in [2.05, 4.69) is 15.9 Å². The number of aliphatic hydroxyl groups is 1. The first-order chi connectivity index (χ1) is 8.11. The molecular weight excluding hydrogens is 284 g/mol. The largest absolute Gasteiger partial charge is 0.484 e. The van der Waals surface area contributed by atoms with Gasteiger partial charge in [-0.2, -0.15) is 0 Å². The Labute approximate surface area is 109 Å². The molecule has 3 rings (SSSR count). The Morgan fingerprint density at radius 2 is 2.29 bits per heavy atom. The highest BCUT2D eigenvalue weighted by molar-refractivity contribution is 9.10. The van der Waals surface area contributed by atoms with E-state index in [1.807, 2.05) is 25.1 Å². The minimum absolute atomic E-state index is 0.0361. The standard InChI is InChI=1S/C13H15BrO3/c1-8-13(4-5-16-8)7-11(15)10-6-9(14)2-3-12(10)17-13/h2-3,6,8,11,15H,4-5,7H2,1H3/t8?,11-,13?/m0/s1. The Kier molecular flexibility index (Phi) is 2.69. The van der Waals surface area contributed by atoms with Crippen LogP contribution in [-0.4, -0.2) is 23.4 Å². The van der Waals surface area contributed by atoms with Crippen molar-refractivity contribution in [3.63, 3.8) is 0 Å². The molecule has 0 saturated carbocycles. The number of hydrogen-bond acceptors (Lipinski definition) is 3. The second kappa shape index (κ2) is 3.97. The van der Waals surface area contributed by atoms with Gasteiger partial charge in [-0.15, -0.1) is 0 Å². The summed E-state index contributed by atoms with van der Waals surface area (Å²) in [6, 6.07) is 5.77. The third-order valence-corrected chi connectivity index (χ3v) is 4.31. The third-order valence-electron chi connectivity index (χ3n) is 3.82. The van der Waals surface area contributed by atoms with Crippen LogP contribution in [0.1, 0.15) is 31.4 Å². The maximum absolute atomic E-state index is 10.3. The van der Waals surface area contributed by atoms with Crippen LogP contribution in [0, 0.1) is 0 Å². The maximum atomic E-state index is 10.3. The Morgan fingerprint density at radius 3 is 3.00 bits per heavy atom. The second-order valence-corrected chi connectivity index (χ2v) is 5.75. The summed E-state index contributed by atoms with van der Waals surface area (Å²) in [6.07, 6.45) is 1.02. The van der Waals surface area contributed by atoms with Gasteiger partial charge in [-0.05, 0) is 25.1 Å². The molecule has 0 bridgehead atoms. The van der Waals surface area contributed by atoms with E-state index in [4.69, 9.17) is 9.47 Å². The number of hydrogen-bond donors (Lipinski definition) is 1. The highest BCUT2D eigenvalue weighted by atomic mass is 79.9. The Balaban J connectivity index is 2.01. The molecule has 3 nitrogen and oxygen atoms in total. The first-order valence-electron chi connectivity index (χ1n) is 5.89. The molecule has 0 radical (unpaired) electrons. The highest BCUT2D eigenvalue weighted by Gasteiger charge is 2.48.